The SMILES string of the molecule is CC(=O)N(Cc1ccccc1)c1[c]c(C)c(C)[nH]1. The van der Waals surface area contributed by atoms with E-state index in [0.717, 1.165) is 22.6 Å². The van der Waals surface area contributed by atoms with Crippen LogP contribution in [0.15, 0.2) is 30.3 Å². The van der Waals surface area contributed by atoms with E-state index in [4.69, 9.17) is 0 Å². The first kappa shape index (κ1) is 12.4. The molecular formula is C15H17N2O. The summed E-state index contributed by atoms with van der Waals surface area (Å²) in [5.41, 5.74) is 3.19. The van der Waals surface area contributed by atoms with E-state index < -0.39 is 0 Å². The van der Waals surface area contributed by atoms with E-state index in [1.165, 1.54) is 0 Å². The Bertz CT molecular complexity index is 523. The molecule has 0 fully saturated rings. The standard InChI is InChI=1S/C15H17N2O/c1-11-9-15(16-12(11)2)17(13(3)18)10-14-7-5-4-6-8-14/h4-8,16H,10H2,1-3H3. The summed E-state index contributed by atoms with van der Waals surface area (Å²) < 4.78 is 0. The zero-order valence-corrected chi connectivity index (χ0v) is 10.9. The molecule has 0 saturated heterocycles. The number of anilines is 1. The molecule has 1 aromatic carbocycles. The molecule has 0 bridgehead atoms. The summed E-state index contributed by atoms with van der Waals surface area (Å²) in [5.74, 6) is 0.748. The molecule has 3 heteroatoms. The zero-order chi connectivity index (χ0) is 13.1. The number of aromatic nitrogens is 1. The second-order valence-corrected chi connectivity index (χ2v) is 4.44. The molecule has 1 heterocycles. The molecule has 18 heavy (non-hydrogen) atoms. The van der Waals surface area contributed by atoms with Gasteiger partial charge < -0.3 is 4.98 Å². The molecule has 1 radical (unpaired) electrons. The van der Waals surface area contributed by atoms with E-state index in [9.17, 15) is 4.79 Å². The number of aromatic amines is 1. The Hall–Kier alpha value is -2.03. The largest absolute Gasteiger partial charge is 0.345 e. The molecule has 2 aromatic rings. The number of hydrogen-bond donors (Lipinski definition) is 1. The quantitative estimate of drug-likeness (QED) is 0.881. The second kappa shape index (κ2) is 5.08. The minimum absolute atomic E-state index is 0.0105. The molecule has 1 amide bonds. The van der Waals surface area contributed by atoms with Gasteiger partial charge in [0.1, 0.15) is 5.82 Å². The molecule has 0 spiro atoms. The molecule has 0 aliphatic carbocycles. The molecule has 0 saturated carbocycles. The van der Waals surface area contributed by atoms with Crippen LogP contribution in [0.5, 0.6) is 0 Å². The number of nitrogens with zero attached hydrogens (tertiary/aromatic N) is 1. The van der Waals surface area contributed by atoms with Crippen molar-refractivity contribution in [3.63, 3.8) is 0 Å². The number of hydrogen-bond acceptors (Lipinski definition) is 1. The molecule has 0 aliphatic rings. The smallest absolute Gasteiger partial charge is 0.225 e. The van der Waals surface area contributed by atoms with E-state index in [1.54, 1.807) is 11.8 Å². The zero-order valence-electron chi connectivity index (χ0n) is 10.9. The van der Waals surface area contributed by atoms with Crippen LogP contribution in [0.3, 0.4) is 0 Å². The van der Waals surface area contributed by atoms with Crippen LogP contribution in [-0.2, 0) is 11.3 Å². The Kier molecular flexibility index (Phi) is 3.51. The van der Waals surface area contributed by atoms with Gasteiger partial charge in [-0.2, -0.15) is 0 Å². The summed E-state index contributed by atoms with van der Waals surface area (Å²) in [6, 6.07) is 13.1. The summed E-state index contributed by atoms with van der Waals surface area (Å²) in [6.45, 7) is 6.10. The average molecular weight is 241 g/mol. The van der Waals surface area contributed by atoms with Gasteiger partial charge in [-0.3, -0.25) is 9.69 Å². The van der Waals surface area contributed by atoms with Gasteiger partial charge in [-0.25, -0.2) is 0 Å². The number of H-pyrrole nitrogens is 1. The van der Waals surface area contributed by atoms with Crippen LogP contribution in [0, 0.1) is 19.9 Å². The third-order valence-electron chi connectivity index (χ3n) is 3.01. The summed E-state index contributed by atoms with van der Waals surface area (Å²) in [5, 5.41) is 0. The average Bonchev–Trinajstić information content (AvgIpc) is 2.67. The summed E-state index contributed by atoms with van der Waals surface area (Å²) in [6.07, 6.45) is 0. The minimum atomic E-state index is 0.0105. The summed E-state index contributed by atoms with van der Waals surface area (Å²) >= 11 is 0. The predicted molar refractivity (Wildman–Crippen MR) is 72.4 cm³/mol. The number of carbonyl (C=O) groups is 1. The molecular weight excluding hydrogens is 224 g/mol. The first-order chi connectivity index (χ1) is 8.58. The lowest BCUT2D eigenvalue weighted by atomic mass is 10.2. The fourth-order valence-electron chi connectivity index (χ4n) is 1.82. The number of aryl methyl sites for hydroxylation is 2. The van der Waals surface area contributed by atoms with Crippen molar-refractivity contribution in [2.45, 2.75) is 27.3 Å². The van der Waals surface area contributed by atoms with Gasteiger partial charge in [0, 0.05) is 18.7 Å². The molecule has 0 aliphatic heterocycles. The van der Waals surface area contributed by atoms with Crippen molar-refractivity contribution < 1.29 is 4.79 Å². The third-order valence-corrected chi connectivity index (χ3v) is 3.01. The van der Waals surface area contributed by atoms with E-state index >= 15 is 0 Å². The van der Waals surface area contributed by atoms with Crippen LogP contribution in [0.25, 0.3) is 0 Å². The second-order valence-electron chi connectivity index (χ2n) is 4.44. The number of carbonyl (C=O) groups excluding carboxylic acids is 1. The van der Waals surface area contributed by atoms with Crippen molar-refractivity contribution in [1.82, 2.24) is 4.98 Å². The fourth-order valence-corrected chi connectivity index (χ4v) is 1.82. The van der Waals surface area contributed by atoms with Gasteiger partial charge in [-0.1, -0.05) is 30.3 Å². The maximum atomic E-state index is 11.8. The van der Waals surface area contributed by atoms with Crippen LogP contribution < -0.4 is 4.90 Å². The highest BCUT2D eigenvalue weighted by atomic mass is 16.2. The highest BCUT2D eigenvalue weighted by molar-refractivity contribution is 5.90. The minimum Gasteiger partial charge on any atom is -0.345 e. The monoisotopic (exact) mass is 241 g/mol. The molecule has 0 unspecified atom stereocenters. The maximum absolute atomic E-state index is 11.8. The van der Waals surface area contributed by atoms with E-state index in [0.29, 0.717) is 6.54 Å². The molecule has 1 aromatic heterocycles. The lowest BCUT2D eigenvalue weighted by molar-refractivity contribution is -0.116. The highest BCUT2D eigenvalue weighted by Gasteiger charge is 2.14. The normalized spacial score (nSPS) is 10.4. The Balaban J connectivity index is 2.27. The van der Waals surface area contributed by atoms with Crippen LogP contribution >= 0.6 is 0 Å². The maximum Gasteiger partial charge on any atom is 0.225 e. The Morgan fingerprint density at radius 1 is 1.28 bits per heavy atom. The van der Waals surface area contributed by atoms with Gasteiger partial charge in [0.2, 0.25) is 5.91 Å². The van der Waals surface area contributed by atoms with Gasteiger partial charge in [0.25, 0.3) is 0 Å². The molecule has 2 rings (SSSR count). The van der Waals surface area contributed by atoms with Crippen molar-refractivity contribution in [2.75, 3.05) is 4.90 Å². The van der Waals surface area contributed by atoms with Gasteiger partial charge in [0.15, 0.2) is 0 Å². The Morgan fingerprint density at radius 2 is 1.94 bits per heavy atom. The molecule has 0 atom stereocenters. The lowest BCUT2D eigenvalue weighted by Gasteiger charge is -2.19. The summed E-state index contributed by atoms with van der Waals surface area (Å²) in [4.78, 5) is 16.7. The van der Waals surface area contributed by atoms with Gasteiger partial charge in [-0.05, 0) is 25.0 Å². The van der Waals surface area contributed by atoms with Gasteiger partial charge in [0.05, 0.1) is 6.54 Å². The number of rotatable bonds is 3. The molecule has 1 N–H and O–H groups in total. The van der Waals surface area contributed by atoms with Crippen molar-refractivity contribution in [1.29, 1.82) is 0 Å². The Labute approximate surface area is 107 Å². The predicted octanol–water partition coefficient (Wildman–Crippen LogP) is 2.98. The fraction of sp³-hybridized carbons (Fsp3) is 0.267. The number of benzene rings is 1. The van der Waals surface area contributed by atoms with Crippen LogP contribution in [0.4, 0.5) is 5.82 Å². The van der Waals surface area contributed by atoms with Gasteiger partial charge >= 0.3 is 0 Å². The topological polar surface area (TPSA) is 36.1 Å². The van der Waals surface area contributed by atoms with Crippen LogP contribution in [-0.4, -0.2) is 10.9 Å². The third kappa shape index (κ3) is 2.62. The van der Waals surface area contributed by atoms with E-state index in [1.807, 2.05) is 44.2 Å². The lowest BCUT2D eigenvalue weighted by Crippen LogP contribution is -2.28. The van der Waals surface area contributed by atoms with Gasteiger partial charge in [-0.15, -0.1) is 0 Å². The molecule has 3 nitrogen and oxygen atoms in total. The van der Waals surface area contributed by atoms with E-state index in [2.05, 4.69) is 11.1 Å². The number of amides is 1. The van der Waals surface area contributed by atoms with Crippen LogP contribution in [0.2, 0.25) is 0 Å². The Morgan fingerprint density at radius 3 is 2.44 bits per heavy atom. The first-order valence-electron chi connectivity index (χ1n) is 5.98. The highest BCUT2D eigenvalue weighted by Crippen LogP contribution is 2.19. The first-order valence-corrected chi connectivity index (χ1v) is 5.98. The van der Waals surface area contributed by atoms with Crippen molar-refractivity contribution in [3.8, 4) is 0 Å². The van der Waals surface area contributed by atoms with Crippen molar-refractivity contribution >= 4 is 11.7 Å². The summed E-state index contributed by atoms with van der Waals surface area (Å²) in [7, 11) is 0. The molecule has 93 valence electrons. The van der Waals surface area contributed by atoms with E-state index in [-0.39, 0.29) is 5.91 Å². The van der Waals surface area contributed by atoms with Crippen molar-refractivity contribution in [2.24, 2.45) is 0 Å². The number of nitrogens with one attached hydrogen (secondary N) is 1. The van der Waals surface area contributed by atoms with Crippen LogP contribution in [0.1, 0.15) is 23.7 Å². The van der Waals surface area contributed by atoms with Crippen molar-refractivity contribution in [3.05, 3.63) is 53.2 Å².